The lowest BCUT2D eigenvalue weighted by Crippen LogP contribution is -2.15. The summed E-state index contributed by atoms with van der Waals surface area (Å²) in [7, 11) is 0. The molecule has 0 radical (unpaired) electrons. The van der Waals surface area contributed by atoms with E-state index in [1.807, 2.05) is 31.2 Å². The number of nitrogens with one attached hydrogen (secondary N) is 1. The second-order valence-corrected chi connectivity index (χ2v) is 6.82. The molecule has 0 bridgehead atoms. The third-order valence-corrected chi connectivity index (χ3v) is 4.77. The van der Waals surface area contributed by atoms with Gasteiger partial charge in [-0.05, 0) is 43.9 Å². The molecule has 0 saturated heterocycles. The van der Waals surface area contributed by atoms with E-state index in [-0.39, 0.29) is 16.6 Å². The van der Waals surface area contributed by atoms with E-state index in [1.165, 1.54) is 13.3 Å². The van der Waals surface area contributed by atoms with Crippen LogP contribution < -0.4 is 10.1 Å². The van der Waals surface area contributed by atoms with Gasteiger partial charge in [0.15, 0.2) is 0 Å². The summed E-state index contributed by atoms with van der Waals surface area (Å²) >= 11 is 6.13. The predicted octanol–water partition coefficient (Wildman–Crippen LogP) is 4.69. The molecule has 2 aromatic rings. The molecule has 152 valence electrons. The van der Waals surface area contributed by atoms with E-state index in [0.29, 0.717) is 37.6 Å². The highest BCUT2D eigenvalue weighted by atomic mass is 35.5. The van der Waals surface area contributed by atoms with Crippen molar-refractivity contribution >= 4 is 23.4 Å². The maximum atomic E-state index is 13.4. The molecule has 2 rings (SSSR count). The number of carboxylic acids is 1. The smallest absolute Gasteiger partial charge is 0.306 e. The van der Waals surface area contributed by atoms with Crippen LogP contribution in [0.15, 0.2) is 30.6 Å². The normalized spacial score (nSPS) is 13.0. The maximum absolute atomic E-state index is 13.4. The molecule has 28 heavy (non-hydrogen) atoms. The van der Waals surface area contributed by atoms with Gasteiger partial charge in [0.25, 0.3) is 0 Å². The van der Waals surface area contributed by atoms with Crippen molar-refractivity contribution in [3.8, 4) is 5.75 Å². The highest BCUT2D eigenvalue weighted by Crippen LogP contribution is 2.28. The van der Waals surface area contributed by atoms with Gasteiger partial charge in [0.2, 0.25) is 0 Å². The molecule has 1 aromatic heterocycles. The van der Waals surface area contributed by atoms with Gasteiger partial charge in [-0.1, -0.05) is 30.7 Å². The minimum atomic E-state index is -1.26. The van der Waals surface area contributed by atoms with Gasteiger partial charge >= 0.3 is 5.97 Å². The third-order valence-electron chi connectivity index (χ3n) is 4.40. The number of aliphatic carboxylic acids is 1. The Bertz CT molecular complexity index is 772. The minimum absolute atomic E-state index is 0.175. The van der Waals surface area contributed by atoms with Gasteiger partial charge in [-0.2, -0.15) is 0 Å². The second-order valence-electron chi connectivity index (χ2n) is 6.44. The number of carboxylic acid groups (broad SMARTS) is 1. The average molecular weight is 410 g/mol. The number of benzene rings is 1. The summed E-state index contributed by atoms with van der Waals surface area (Å²) in [6, 6.07) is 7.61. The van der Waals surface area contributed by atoms with Crippen molar-refractivity contribution in [2.45, 2.75) is 39.3 Å². The van der Waals surface area contributed by atoms with Crippen molar-refractivity contribution in [1.82, 2.24) is 9.97 Å². The van der Waals surface area contributed by atoms with E-state index in [9.17, 15) is 9.18 Å². The van der Waals surface area contributed by atoms with Crippen molar-refractivity contribution < 1.29 is 19.0 Å². The number of carbonyl (C=O) groups is 1. The second kappa shape index (κ2) is 10.8. The number of halogens is 2. The Kier molecular flexibility index (Phi) is 8.44. The van der Waals surface area contributed by atoms with Crippen LogP contribution in [0.3, 0.4) is 0 Å². The molecule has 2 atom stereocenters. The molecule has 0 aliphatic heterocycles. The van der Waals surface area contributed by atoms with Gasteiger partial charge in [-0.15, -0.1) is 0 Å². The summed E-state index contributed by atoms with van der Waals surface area (Å²) in [6.45, 7) is 4.18. The first-order chi connectivity index (χ1) is 13.4. The molecule has 0 aliphatic carbocycles. The number of hydrogen-bond donors (Lipinski definition) is 2. The average Bonchev–Trinajstić information content (AvgIpc) is 2.67. The maximum Gasteiger partial charge on any atom is 0.306 e. The van der Waals surface area contributed by atoms with Crippen molar-refractivity contribution in [2.24, 2.45) is 5.92 Å². The van der Waals surface area contributed by atoms with Crippen molar-refractivity contribution in [3.05, 3.63) is 46.9 Å². The van der Waals surface area contributed by atoms with E-state index < -0.39 is 12.1 Å². The van der Waals surface area contributed by atoms with Crippen LogP contribution in [0.1, 0.15) is 44.1 Å². The molecule has 0 spiro atoms. The van der Waals surface area contributed by atoms with Crippen LogP contribution in [0.25, 0.3) is 0 Å². The summed E-state index contributed by atoms with van der Waals surface area (Å²) in [5.74, 6) is -0.0388. The van der Waals surface area contributed by atoms with Gasteiger partial charge < -0.3 is 15.2 Å². The van der Waals surface area contributed by atoms with Crippen LogP contribution in [0.5, 0.6) is 5.75 Å². The zero-order valence-corrected chi connectivity index (χ0v) is 16.7. The van der Waals surface area contributed by atoms with E-state index in [0.717, 1.165) is 12.0 Å². The molecule has 2 N–H and O–H groups in total. The molecule has 0 amide bonds. The molecule has 0 aliphatic rings. The number of ether oxygens (including phenoxy) is 1. The van der Waals surface area contributed by atoms with Gasteiger partial charge in [0, 0.05) is 6.54 Å². The highest BCUT2D eigenvalue weighted by Gasteiger charge is 2.15. The fraction of sp³-hybridized carbons (Fsp3) is 0.450. The highest BCUT2D eigenvalue weighted by molar-refractivity contribution is 6.33. The Labute approximate surface area is 169 Å². The zero-order chi connectivity index (χ0) is 20.5. The monoisotopic (exact) mass is 409 g/mol. The number of aromatic nitrogens is 2. The topological polar surface area (TPSA) is 84.3 Å². The molecule has 1 heterocycles. The lowest BCUT2D eigenvalue weighted by atomic mass is 10.0. The fourth-order valence-corrected chi connectivity index (χ4v) is 3.00. The number of anilines is 1. The molecule has 8 heteroatoms. The molecular weight excluding hydrogens is 385 g/mol. The first-order valence-corrected chi connectivity index (χ1v) is 9.63. The summed E-state index contributed by atoms with van der Waals surface area (Å²) in [5.41, 5.74) is 1.26. The molecule has 0 saturated carbocycles. The molecular formula is C20H25ClFN3O3. The van der Waals surface area contributed by atoms with E-state index in [2.05, 4.69) is 15.3 Å². The fourth-order valence-electron chi connectivity index (χ4n) is 2.68. The summed E-state index contributed by atoms with van der Waals surface area (Å²) in [4.78, 5) is 18.9. The van der Waals surface area contributed by atoms with Crippen molar-refractivity contribution in [2.75, 3.05) is 18.5 Å². The van der Waals surface area contributed by atoms with E-state index in [4.69, 9.17) is 21.4 Å². The summed E-state index contributed by atoms with van der Waals surface area (Å²) < 4.78 is 19.1. The van der Waals surface area contributed by atoms with Gasteiger partial charge in [-0.25, -0.2) is 14.4 Å². The van der Waals surface area contributed by atoms with Crippen LogP contribution in [-0.2, 0) is 11.2 Å². The Morgan fingerprint density at radius 1 is 1.32 bits per heavy atom. The third kappa shape index (κ3) is 6.34. The lowest BCUT2D eigenvalue weighted by molar-refractivity contribution is -0.142. The van der Waals surface area contributed by atoms with Gasteiger partial charge in [-0.3, -0.25) is 4.79 Å². The minimum Gasteiger partial charge on any atom is -0.494 e. The first kappa shape index (κ1) is 21.9. The van der Waals surface area contributed by atoms with Crippen LogP contribution >= 0.6 is 11.6 Å². The van der Waals surface area contributed by atoms with Crippen molar-refractivity contribution in [1.29, 1.82) is 0 Å². The van der Waals surface area contributed by atoms with Crippen molar-refractivity contribution in [3.63, 3.8) is 0 Å². The molecule has 2 unspecified atom stereocenters. The zero-order valence-electron chi connectivity index (χ0n) is 16.0. The van der Waals surface area contributed by atoms with Crippen LogP contribution in [0.2, 0.25) is 5.02 Å². The number of nitrogens with zero attached hydrogens (tertiary/aromatic N) is 2. The SMILES string of the molecule is CCC(CCOc1ccc(CCNc2ncnc(C(C)F)c2Cl)cc1)C(=O)O. The first-order valence-electron chi connectivity index (χ1n) is 9.25. The predicted molar refractivity (Wildman–Crippen MR) is 107 cm³/mol. The Morgan fingerprint density at radius 2 is 2.04 bits per heavy atom. The van der Waals surface area contributed by atoms with Crippen LogP contribution in [0, 0.1) is 5.92 Å². The van der Waals surface area contributed by atoms with E-state index in [1.54, 1.807) is 0 Å². The summed E-state index contributed by atoms with van der Waals surface area (Å²) in [5, 5.41) is 12.3. The van der Waals surface area contributed by atoms with Gasteiger partial charge in [0.1, 0.15) is 29.1 Å². The molecule has 1 aromatic carbocycles. The quantitative estimate of drug-likeness (QED) is 0.559. The number of alkyl halides is 1. The Morgan fingerprint density at radius 3 is 2.64 bits per heavy atom. The van der Waals surface area contributed by atoms with Gasteiger partial charge in [0.05, 0.1) is 18.2 Å². The van der Waals surface area contributed by atoms with E-state index >= 15 is 0 Å². The van der Waals surface area contributed by atoms with Crippen LogP contribution in [0.4, 0.5) is 10.2 Å². The number of hydrogen-bond acceptors (Lipinski definition) is 5. The lowest BCUT2D eigenvalue weighted by Gasteiger charge is -2.12. The standard InChI is InChI=1S/C20H25ClFN3O3/c1-3-15(20(26)27)9-11-28-16-6-4-14(5-7-16)8-10-23-19-17(21)18(13(2)22)24-12-25-19/h4-7,12-13,15H,3,8-11H2,1-2H3,(H,26,27)(H,23,24,25). The van der Waals surface area contributed by atoms with Crippen LogP contribution in [-0.4, -0.2) is 34.2 Å². The Hall–Kier alpha value is -2.41. The molecule has 6 nitrogen and oxygen atoms in total. The largest absolute Gasteiger partial charge is 0.494 e. The Balaban J connectivity index is 1.80. The number of rotatable bonds is 11. The summed E-state index contributed by atoms with van der Waals surface area (Å²) in [6.07, 6.45) is 1.83. The molecule has 0 fully saturated rings.